The van der Waals surface area contributed by atoms with Crippen molar-refractivity contribution in [2.45, 2.75) is 46.3 Å². The van der Waals surface area contributed by atoms with E-state index in [0.717, 1.165) is 40.5 Å². The van der Waals surface area contributed by atoms with E-state index in [-0.39, 0.29) is 11.6 Å². The summed E-state index contributed by atoms with van der Waals surface area (Å²) in [6.07, 6.45) is 2.91. The van der Waals surface area contributed by atoms with Crippen LogP contribution < -0.4 is 11.3 Å². The second-order valence-corrected chi connectivity index (χ2v) is 8.10. The highest BCUT2D eigenvalue weighted by Crippen LogP contribution is 2.29. The predicted octanol–water partition coefficient (Wildman–Crippen LogP) is 4.41. The van der Waals surface area contributed by atoms with Crippen LogP contribution in [0.4, 0.5) is 0 Å². The zero-order chi connectivity index (χ0) is 20.5. The lowest BCUT2D eigenvalue weighted by atomic mass is 10.0. The molecular formula is C24H28N4O. The van der Waals surface area contributed by atoms with E-state index in [9.17, 15) is 4.79 Å². The third-order valence-corrected chi connectivity index (χ3v) is 5.43. The van der Waals surface area contributed by atoms with Gasteiger partial charge in [-0.05, 0) is 37.5 Å². The van der Waals surface area contributed by atoms with Crippen LogP contribution in [-0.2, 0) is 13.1 Å². The second kappa shape index (κ2) is 7.84. The van der Waals surface area contributed by atoms with Crippen LogP contribution in [0.2, 0.25) is 0 Å². The Balaban J connectivity index is 1.95. The van der Waals surface area contributed by atoms with Gasteiger partial charge in [0.2, 0.25) is 0 Å². The Morgan fingerprint density at radius 2 is 1.72 bits per heavy atom. The zero-order valence-electron chi connectivity index (χ0n) is 17.3. The van der Waals surface area contributed by atoms with Crippen LogP contribution in [0.5, 0.6) is 0 Å². The Kier molecular flexibility index (Phi) is 5.24. The van der Waals surface area contributed by atoms with Crippen LogP contribution in [0.3, 0.4) is 0 Å². The van der Waals surface area contributed by atoms with Crippen molar-refractivity contribution >= 4 is 21.9 Å². The van der Waals surface area contributed by atoms with Crippen LogP contribution in [0.25, 0.3) is 33.2 Å². The topological polar surface area (TPSA) is 65.8 Å². The van der Waals surface area contributed by atoms with E-state index in [0.29, 0.717) is 18.2 Å². The maximum Gasteiger partial charge on any atom is 0.277 e. The van der Waals surface area contributed by atoms with Gasteiger partial charge in [-0.2, -0.15) is 0 Å². The van der Waals surface area contributed by atoms with Gasteiger partial charge in [-0.3, -0.25) is 4.79 Å². The number of nitrogens with zero attached hydrogens (tertiary/aromatic N) is 3. The maximum atomic E-state index is 13.6. The Morgan fingerprint density at radius 1 is 1.03 bits per heavy atom. The fourth-order valence-corrected chi connectivity index (χ4v) is 4.16. The van der Waals surface area contributed by atoms with Gasteiger partial charge in [0.05, 0.1) is 11.0 Å². The minimum Gasteiger partial charge on any atom is -0.347 e. The molecule has 0 aliphatic carbocycles. The monoisotopic (exact) mass is 388 g/mol. The van der Waals surface area contributed by atoms with Gasteiger partial charge in [0.1, 0.15) is 5.69 Å². The van der Waals surface area contributed by atoms with Gasteiger partial charge in [-0.1, -0.05) is 44.2 Å². The molecule has 1 unspecified atom stereocenters. The SMILES string of the molecule is CCn1cc(-c2nc3ccccc3n(CC(N)CC(C)C)c2=O)c2ccccc21. The first kappa shape index (κ1) is 19.4. The van der Waals surface area contributed by atoms with Gasteiger partial charge in [-0.25, -0.2) is 4.98 Å². The molecule has 29 heavy (non-hydrogen) atoms. The van der Waals surface area contributed by atoms with Crippen LogP contribution >= 0.6 is 0 Å². The normalized spacial score (nSPS) is 12.9. The number of rotatable bonds is 6. The van der Waals surface area contributed by atoms with E-state index in [1.54, 1.807) is 0 Å². The molecule has 0 amide bonds. The molecule has 1 atom stereocenters. The molecule has 0 aliphatic heterocycles. The average molecular weight is 389 g/mol. The molecule has 0 bridgehead atoms. The molecule has 150 valence electrons. The minimum atomic E-state index is -0.0816. The summed E-state index contributed by atoms with van der Waals surface area (Å²) in [5.74, 6) is 0.482. The van der Waals surface area contributed by atoms with E-state index < -0.39 is 0 Å². The highest BCUT2D eigenvalue weighted by Gasteiger charge is 2.19. The number of benzene rings is 2. The quantitative estimate of drug-likeness (QED) is 0.532. The molecule has 0 saturated heterocycles. The van der Waals surface area contributed by atoms with E-state index in [1.807, 2.05) is 47.2 Å². The molecule has 0 saturated carbocycles. The van der Waals surface area contributed by atoms with Crippen LogP contribution in [0.1, 0.15) is 27.2 Å². The molecule has 0 radical (unpaired) electrons. The van der Waals surface area contributed by atoms with E-state index >= 15 is 0 Å². The molecule has 4 rings (SSSR count). The van der Waals surface area contributed by atoms with Crippen molar-refractivity contribution in [3.63, 3.8) is 0 Å². The number of para-hydroxylation sites is 3. The van der Waals surface area contributed by atoms with Crippen LogP contribution in [-0.4, -0.2) is 20.2 Å². The van der Waals surface area contributed by atoms with Gasteiger partial charge < -0.3 is 14.9 Å². The first-order chi connectivity index (χ1) is 14.0. The van der Waals surface area contributed by atoms with Gasteiger partial charge in [0.25, 0.3) is 5.56 Å². The number of nitrogens with two attached hydrogens (primary N) is 1. The standard InChI is InChI=1S/C24H28N4O/c1-4-27-15-19(18-9-5-7-11-21(18)27)23-24(29)28(14-17(25)13-16(2)3)22-12-8-6-10-20(22)26-23/h5-12,15-17H,4,13-14,25H2,1-3H3. The summed E-state index contributed by atoms with van der Waals surface area (Å²) in [5, 5.41) is 1.05. The first-order valence-corrected chi connectivity index (χ1v) is 10.3. The number of aromatic nitrogens is 3. The minimum absolute atomic E-state index is 0.0802. The van der Waals surface area contributed by atoms with Crippen molar-refractivity contribution < 1.29 is 0 Å². The van der Waals surface area contributed by atoms with Gasteiger partial charge in [0.15, 0.2) is 0 Å². The lowest BCUT2D eigenvalue weighted by Gasteiger charge is -2.18. The fraction of sp³-hybridized carbons (Fsp3) is 0.333. The third-order valence-electron chi connectivity index (χ3n) is 5.43. The van der Waals surface area contributed by atoms with Crippen molar-refractivity contribution in [1.82, 2.24) is 14.1 Å². The Hall–Kier alpha value is -2.92. The zero-order valence-corrected chi connectivity index (χ0v) is 17.3. The third kappa shape index (κ3) is 3.58. The summed E-state index contributed by atoms with van der Waals surface area (Å²) in [6.45, 7) is 7.73. The molecule has 0 aliphatic rings. The largest absolute Gasteiger partial charge is 0.347 e. The van der Waals surface area contributed by atoms with E-state index in [4.69, 9.17) is 10.7 Å². The molecule has 2 heterocycles. The average Bonchev–Trinajstić information content (AvgIpc) is 3.08. The Morgan fingerprint density at radius 3 is 2.45 bits per heavy atom. The fourth-order valence-electron chi connectivity index (χ4n) is 4.16. The second-order valence-electron chi connectivity index (χ2n) is 8.10. The number of fused-ring (bicyclic) bond motifs is 2. The Labute approximate surface area is 170 Å². The van der Waals surface area contributed by atoms with Crippen molar-refractivity contribution in [3.05, 3.63) is 65.1 Å². The molecular weight excluding hydrogens is 360 g/mol. The lowest BCUT2D eigenvalue weighted by Crippen LogP contribution is -2.34. The van der Waals surface area contributed by atoms with Crippen molar-refractivity contribution in [2.24, 2.45) is 11.7 Å². The smallest absolute Gasteiger partial charge is 0.277 e. The summed E-state index contributed by atoms with van der Waals surface area (Å²) in [4.78, 5) is 18.4. The van der Waals surface area contributed by atoms with Crippen molar-refractivity contribution in [2.75, 3.05) is 0 Å². The summed E-state index contributed by atoms with van der Waals surface area (Å²) in [7, 11) is 0. The molecule has 2 N–H and O–H groups in total. The van der Waals surface area contributed by atoms with Crippen LogP contribution in [0.15, 0.2) is 59.5 Å². The van der Waals surface area contributed by atoms with Gasteiger partial charge in [-0.15, -0.1) is 0 Å². The molecule has 0 spiro atoms. The molecule has 4 aromatic rings. The van der Waals surface area contributed by atoms with Crippen molar-refractivity contribution in [3.8, 4) is 11.3 Å². The first-order valence-electron chi connectivity index (χ1n) is 10.3. The van der Waals surface area contributed by atoms with E-state index in [2.05, 4.69) is 37.5 Å². The molecule has 2 aromatic heterocycles. The Bertz CT molecular complexity index is 1220. The number of hydrogen-bond acceptors (Lipinski definition) is 3. The van der Waals surface area contributed by atoms with Gasteiger partial charge in [0, 0.05) is 41.8 Å². The molecule has 5 nitrogen and oxygen atoms in total. The highest BCUT2D eigenvalue weighted by atomic mass is 16.1. The molecule has 2 aromatic carbocycles. The molecule has 5 heteroatoms. The highest BCUT2D eigenvalue weighted by molar-refractivity contribution is 5.95. The van der Waals surface area contributed by atoms with Gasteiger partial charge >= 0.3 is 0 Å². The maximum absolute atomic E-state index is 13.6. The lowest BCUT2D eigenvalue weighted by molar-refractivity contribution is 0.447. The van der Waals surface area contributed by atoms with Crippen molar-refractivity contribution in [1.29, 1.82) is 0 Å². The summed E-state index contributed by atoms with van der Waals surface area (Å²) < 4.78 is 3.97. The summed E-state index contributed by atoms with van der Waals surface area (Å²) >= 11 is 0. The summed E-state index contributed by atoms with van der Waals surface area (Å²) in [5.41, 5.74) is 10.4. The predicted molar refractivity (Wildman–Crippen MR) is 120 cm³/mol. The van der Waals surface area contributed by atoms with Crippen LogP contribution in [0, 0.1) is 5.92 Å². The summed E-state index contributed by atoms with van der Waals surface area (Å²) in [6, 6.07) is 15.9. The number of aryl methyl sites for hydroxylation is 1. The number of hydrogen-bond donors (Lipinski definition) is 1. The van der Waals surface area contributed by atoms with E-state index in [1.165, 1.54) is 0 Å². The molecule has 0 fully saturated rings.